The van der Waals surface area contributed by atoms with Crippen LogP contribution in [0.4, 0.5) is 5.82 Å². The molecule has 1 heterocycles. The summed E-state index contributed by atoms with van der Waals surface area (Å²) in [5.74, 6) is 1.54. The van der Waals surface area contributed by atoms with Crippen molar-refractivity contribution in [1.82, 2.24) is 9.97 Å². The second-order valence-corrected chi connectivity index (χ2v) is 5.25. The molecule has 1 saturated carbocycles. The molecule has 3 N–H and O–H groups in total. The molecule has 0 spiro atoms. The number of nitrogens with one attached hydrogen (secondary N) is 1. The van der Waals surface area contributed by atoms with Gasteiger partial charge in [0, 0.05) is 18.8 Å². The van der Waals surface area contributed by atoms with Gasteiger partial charge in [-0.05, 0) is 41.1 Å². The van der Waals surface area contributed by atoms with Gasteiger partial charge in [0.1, 0.15) is 12.1 Å². The maximum absolute atomic E-state index is 5.96. The molecule has 16 heavy (non-hydrogen) atoms. The van der Waals surface area contributed by atoms with Gasteiger partial charge in [-0.2, -0.15) is 0 Å². The Hall–Kier alpha value is -0.680. The third-order valence-corrected chi connectivity index (χ3v) is 3.63. The summed E-state index contributed by atoms with van der Waals surface area (Å²) >= 11 is 3.42. The molecule has 0 amide bonds. The lowest BCUT2D eigenvalue weighted by Gasteiger charge is -2.26. The van der Waals surface area contributed by atoms with Crippen LogP contribution in [0.1, 0.15) is 25.7 Å². The summed E-state index contributed by atoms with van der Waals surface area (Å²) in [4.78, 5) is 8.12. The van der Waals surface area contributed by atoms with Gasteiger partial charge in [-0.15, -0.1) is 0 Å². The van der Waals surface area contributed by atoms with Crippen LogP contribution in [0.25, 0.3) is 0 Å². The molecule has 4 nitrogen and oxygen atoms in total. The first-order valence-corrected chi connectivity index (χ1v) is 6.50. The van der Waals surface area contributed by atoms with Gasteiger partial charge in [0.2, 0.25) is 0 Å². The first kappa shape index (κ1) is 11.8. The zero-order valence-electron chi connectivity index (χ0n) is 9.19. The van der Waals surface area contributed by atoms with E-state index in [0.29, 0.717) is 12.0 Å². The van der Waals surface area contributed by atoms with Crippen LogP contribution in [0.15, 0.2) is 17.0 Å². The van der Waals surface area contributed by atoms with E-state index in [4.69, 9.17) is 5.73 Å². The molecule has 1 aromatic rings. The molecule has 0 radical (unpaired) electrons. The van der Waals surface area contributed by atoms with Crippen LogP contribution < -0.4 is 11.1 Å². The van der Waals surface area contributed by atoms with Crippen LogP contribution in [-0.2, 0) is 0 Å². The maximum atomic E-state index is 5.96. The van der Waals surface area contributed by atoms with Gasteiger partial charge >= 0.3 is 0 Å². The van der Waals surface area contributed by atoms with Crippen molar-refractivity contribution in [3.63, 3.8) is 0 Å². The van der Waals surface area contributed by atoms with E-state index in [1.165, 1.54) is 19.3 Å². The Morgan fingerprint density at radius 2 is 2.38 bits per heavy atom. The number of rotatable bonds is 3. The topological polar surface area (TPSA) is 63.8 Å². The number of hydrogen-bond acceptors (Lipinski definition) is 4. The van der Waals surface area contributed by atoms with Gasteiger partial charge in [-0.25, -0.2) is 9.97 Å². The highest BCUT2D eigenvalue weighted by Gasteiger charge is 2.19. The Morgan fingerprint density at radius 3 is 3.12 bits per heavy atom. The van der Waals surface area contributed by atoms with Gasteiger partial charge in [0.25, 0.3) is 0 Å². The van der Waals surface area contributed by atoms with E-state index in [1.54, 1.807) is 12.5 Å². The van der Waals surface area contributed by atoms with Gasteiger partial charge in [0.05, 0.1) is 4.47 Å². The number of anilines is 1. The third kappa shape index (κ3) is 3.15. The number of hydrogen-bond donors (Lipinski definition) is 2. The molecule has 0 saturated heterocycles. The van der Waals surface area contributed by atoms with Crippen molar-refractivity contribution >= 4 is 21.7 Å². The minimum absolute atomic E-state index is 0.384. The third-order valence-electron chi connectivity index (χ3n) is 3.05. The van der Waals surface area contributed by atoms with Crippen molar-refractivity contribution in [3.8, 4) is 0 Å². The second kappa shape index (κ2) is 5.59. The molecular formula is C11H17BrN4. The van der Waals surface area contributed by atoms with Crippen molar-refractivity contribution in [2.24, 2.45) is 11.7 Å². The minimum atomic E-state index is 0.384. The zero-order chi connectivity index (χ0) is 11.4. The van der Waals surface area contributed by atoms with Crippen molar-refractivity contribution < 1.29 is 0 Å². The van der Waals surface area contributed by atoms with E-state index in [-0.39, 0.29) is 0 Å². The van der Waals surface area contributed by atoms with E-state index in [1.807, 2.05) is 0 Å². The number of aromatic nitrogens is 2. The Kier molecular flexibility index (Phi) is 4.12. The number of halogens is 1. The highest BCUT2D eigenvalue weighted by atomic mass is 79.9. The van der Waals surface area contributed by atoms with Gasteiger partial charge in [-0.1, -0.05) is 6.42 Å². The molecule has 0 bridgehead atoms. The van der Waals surface area contributed by atoms with Crippen LogP contribution in [-0.4, -0.2) is 22.6 Å². The van der Waals surface area contributed by atoms with Gasteiger partial charge < -0.3 is 11.1 Å². The molecule has 1 fully saturated rings. The van der Waals surface area contributed by atoms with Crippen LogP contribution in [0.2, 0.25) is 0 Å². The summed E-state index contributed by atoms with van der Waals surface area (Å²) in [7, 11) is 0. The standard InChI is InChI=1S/C11H17BrN4/c12-10-6-14-7-16-11(10)15-5-8-2-1-3-9(13)4-8/h6-9H,1-5,13H2,(H,14,15,16). The minimum Gasteiger partial charge on any atom is -0.369 e. The molecule has 2 unspecified atom stereocenters. The fourth-order valence-corrected chi connectivity index (χ4v) is 2.56. The van der Waals surface area contributed by atoms with Crippen LogP contribution in [0, 0.1) is 5.92 Å². The van der Waals surface area contributed by atoms with Crippen LogP contribution >= 0.6 is 15.9 Å². The monoisotopic (exact) mass is 284 g/mol. The average Bonchev–Trinajstić information content (AvgIpc) is 2.28. The molecule has 2 atom stereocenters. The van der Waals surface area contributed by atoms with Crippen molar-refractivity contribution in [1.29, 1.82) is 0 Å². The van der Waals surface area contributed by atoms with Crippen molar-refractivity contribution in [3.05, 3.63) is 17.0 Å². The zero-order valence-corrected chi connectivity index (χ0v) is 10.8. The normalized spacial score (nSPS) is 25.4. The van der Waals surface area contributed by atoms with E-state index in [9.17, 15) is 0 Å². The summed E-state index contributed by atoms with van der Waals surface area (Å²) in [5.41, 5.74) is 5.96. The van der Waals surface area contributed by atoms with Crippen LogP contribution in [0.3, 0.4) is 0 Å². The smallest absolute Gasteiger partial charge is 0.143 e. The lowest BCUT2D eigenvalue weighted by Crippen LogP contribution is -2.31. The lowest BCUT2D eigenvalue weighted by molar-refractivity contribution is 0.334. The summed E-state index contributed by atoms with van der Waals surface area (Å²) in [5, 5.41) is 3.35. The Balaban J connectivity index is 1.85. The Morgan fingerprint density at radius 1 is 1.50 bits per heavy atom. The van der Waals surface area contributed by atoms with Crippen LogP contribution in [0.5, 0.6) is 0 Å². The maximum Gasteiger partial charge on any atom is 0.143 e. The van der Waals surface area contributed by atoms with Gasteiger partial charge in [0.15, 0.2) is 0 Å². The van der Waals surface area contributed by atoms with E-state index >= 15 is 0 Å². The molecule has 0 aromatic carbocycles. The molecule has 1 aromatic heterocycles. The summed E-state index contributed by atoms with van der Waals surface area (Å²) in [6, 6.07) is 0.384. The first-order valence-electron chi connectivity index (χ1n) is 5.70. The first-order chi connectivity index (χ1) is 7.75. The summed E-state index contributed by atoms with van der Waals surface area (Å²) in [6.45, 7) is 0.948. The number of nitrogens with zero attached hydrogens (tertiary/aromatic N) is 2. The van der Waals surface area contributed by atoms with Gasteiger partial charge in [-0.3, -0.25) is 0 Å². The van der Waals surface area contributed by atoms with Crippen molar-refractivity contribution in [2.45, 2.75) is 31.7 Å². The largest absolute Gasteiger partial charge is 0.369 e. The average molecular weight is 285 g/mol. The predicted molar refractivity (Wildman–Crippen MR) is 68.2 cm³/mol. The summed E-state index contributed by atoms with van der Waals surface area (Å²) < 4.78 is 0.912. The fraction of sp³-hybridized carbons (Fsp3) is 0.636. The molecule has 1 aliphatic rings. The molecule has 2 rings (SSSR count). The highest BCUT2D eigenvalue weighted by Crippen LogP contribution is 2.24. The van der Waals surface area contributed by atoms with E-state index < -0.39 is 0 Å². The second-order valence-electron chi connectivity index (χ2n) is 4.39. The summed E-state index contributed by atoms with van der Waals surface area (Å²) in [6.07, 6.45) is 8.12. The SMILES string of the molecule is NC1CCCC(CNc2ncncc2Br)C1. The van der Waals surface area contributed by atoms with Crippen molar-refractivity contribution in [2.75, 3.05) is 11.9 Å². The number of nitrogens with two attached hydrogens (primary N) is 1. The lowest BCUT2D eigenvalue weighted by atomic mass is 9.86. The van der Waals surface area contributed by atoms with E-state index in [0.717, 1.165) is 23.3 Å². The Labute approximate surface area is 104 Å². The molecule has 5 heteroatoms. The Bertz CT molecular complexity index is 345. The molecule has 88 valence electrons. The predicted octanol–water partition coefficient (Wildman–Crippen LogP) is 2.17. The van der Waals surface area contributed by atoms with E-state index in [2.05, 4.69) is 31.2 Å². The molecular weight excluding hydrogens is 268 g/mol. The molecule has 0 aliphatic heterocycles. The molecule has 1 aliphatic carbocycles. The highest BCUT2D eigenvalue weighted by molar-refractivity contribution is 9.10. The quantitative estimate of drug-likeness (QED) is 0.893. The fourth-order valence-electron chi connectivity index (χ4n) is 2.20.